The van der Waals surface area contributed by atoms with E-state index in [9.17, 15) is 18.0 Å². The van der Waals surface area contributed by atoms with E-state index < -0.39 is 17.0 Å². The number of nitrogens with zero attached hydrogens (tertiary/aromatic N) is 6. The summed E-state index contributed by atoms with van der Waals surface area (Å²) in [5, 5.41) is 5.52. The number of thiophene rings is 1. The van der Waals surface area contributed by atoms with Crippen LogP contribution in [0.5, 0.6) is 5.75 Å². The van der Waals surface area contributed by atoms with E-state index in [1.807, 2.05) is 29.3 Å². The van der Waals surface area contributed by atoms with Gasteiger partial charge in [0.1, 0.15) is 27.5 Å². The van der Waals surface area contributed by atoms with E-state index >= 15 is 0 Å². The average Bonchev–Trinajstić information content (AvgIpc) is 3.62. The lowest BCUT2D eigenvalue weighted by Crippen LogP contribution is -2.56. The molecule has 2 fully saturated rings. The van der Waals surface area contributed by atoms with Crippen LogP contribution in [0.4, 0.5) is 13.2 Å². The van der Waals surface area contributed by atoms with Gasteiger partial charge in [0.15, 0.2) is 0 Å². The molecular weight excluding hydrogens is 507 g/mol. The Kier molecular flexibility index (Phi) is 5.91. The molecule has 6 rings (SSSR count). The highest BCUT2D eigenvalue weighted by atomic mass is 32.1. The number of hydrogen-bond acceptors (Lipinski definition) is 7. The smallest absolute Gasteiger partial charge is 0.425 e. The summed E-state index contributed by atoms with van der Waals surface area (Å²) in [5.41, 5.74) is 2.57. The average molecular weight is 532 g/mol. The number of carbonyl (C=O) groups excluding carboxylic acids is 1. The van der Waals surface area contributed by atoms with E-state index in [1.54, 1.807) is 4.90 Å². The number of piperidine rings is 1. The highest BCUT2D eigenvalue weighted by molar-refractivity contribution is 7.14. The number of hydrogen-bond donors (Lipinski definition) is 1. The zero-order chi connectivity index (χ0) is 25.7. The predicted octanol–water partition coefficient (Wildman–Crippen LogP) is 4.07. The fourth-order valence-corrected chi connectivity index (χ4v) is 6.07. The van der Waals surface area contributed by atoms with Gasteiger partial charge in [0.2, 0.25) is 0 Å². The lowest BCUT2D eigenvalue weighted by Gasteiger charge is -2.47. The molecule has 0 aliphatic carbocycles. The molecule has 6 heterocycles. The van der Waals surface area contributed by atoms with Crippen molar-refractivity contribution in [3.63, 3.8) is 0 Å². The molecule has 0 unspecified atom stereocenters. The van der Waals surface area contributed by atoms with Crippen LogP contribution in [-0.4, -0.2) is 79.8 Å². The molecule has 2 aliphatic heterocycles. The van der Waals surface area contributed by atoms with Crippen LogP contribution >= 0.6 is 11.3 Å². The van der Waals surface area contributed by atoms with Crippen molar-refractivity contribution in [2.45, 2.75) is 31.1 Å². The second-order valence-electron chi connectivity index (χ2n) is 9.31. The first-order valence-electron chi connectivity index (χ1n) is 11.9. The number of amides is 1. The van der Waals surface area contributed by atoms with Crippen molar-refractivity contribution in [3.05, 3.63) is 46.8 Å². The molecule has 0 saturated carbocycles. The van der Waals surface area contributed by atoms with Crippen LogP contribution in [0.1, 0.15) is 33.4 Å². The molecule has 194 valence electrons. The quantitative estimate of drug-likeness (QED) is 0.418. The number of nitrogens with one attached hydrogen (secondary N) is 1. The number of carbonyl (C=O) groups is 1. The summed E-state index contributed by atoms with van der Waals surface area (Å²) in [6.07, 6.45) is 4.26. The Bertz CT molecular complexity index is 1430. The van der Waals surface area contributed by atoms with Crippen molar-refractivity contribution in [1.29, 1.82) is 0 Å². The molecule has 9 nitrogen and oxygen atoms in total. The molecule has 4 aromatic rings. The van der Waals surface area contributed by atoms with E-state index in [0.29, 0.717) is 30.5 Å². The largest absolute Gasteiger partial charge is 0.495 e. The van der Waals surface area contributed by atoms with Gasteiger partial charge >= 0.3 is 6.18 Å². The minimum atomic E-state index is -4.50. The Balaban J connectivity index is 1.05. The maximum absolute atomic E-state index is 13.1. The van der Waals surface area contributed by atoms with Crippen LogP contribution < -0.4 is 4.74 Å². The van der Waals surface area contributed by atoms with Gasteiger partial charge in [-0.2, -0.15) is 18.3 Å². The number of rotatable bonds is 5. The first-order valence-corrected chi connectivity index (χ1v) is 12.7. The number of alkyl halides is 3. The normalized spacial score (nSPS) is 17.9. The zero-order valence-electron chi connectivity index (χ0n) is 19.9. The molecule has 13 heteroatoms. The highest BCUT2D eigenvalue weighted by Gasteiger charge is 2.39. The number of ether oxygens (including phenoxy) is 1. The second-order valence-corrected chi connectivity index (χ2v) is 10.4. The monoisotopic (exact) mass is 531 g/mol. The van der Waals surface area contributed by atoms with Crippen LogP contribution in [0.2, 0.25) is 0 Å². The topological polar surface area (TPSA) is 92.2 Å². The Morgan fingerprint density at radius 3 is 2.70 bits per heavy atom. The summed E-state index contributed by atoms with van der Waals surface area (Å²) in [4.78, 5) is 27.9. The van der Waals surface area contributed by atoms with E-state index in [2.05, 4.69) is 25.0 Å². The third-order valence-corrected chi connectivity index (χ3v) is 8.30. The predicted molar refractivity (Wildman–Crippen MR) is 131 cm³/mol. The maximum Gasteiger partial charge on any atom is 0.425 e. The highest BCUT2D eigenvalue weighted by Crippen LogP contribution is 2.41. The second kappa shape index (κ2) is 9.14. The fraction of sp³-hybridized carbons (Fsp3) is 0.417. The van der Waals surface area contributed by atoms with E-state index in [1.165, 1.54) is 13.4 Å². The van der Waals surface area contributed by atoms with Crippen LogP contribution in [0.15, 0.2) is 37.1 Å². The standard InChI is InChI=1S/C24H24F3N7O2S/c1-36-18-8-19(24(25,26)27)37-21(18)23(35)32-6-3-15(4-7-32)33-11-16(12-33)34-10-14(9-31-34)20-17-2-5-28-22(17)30-13-29-20/h2,5,8-10,13,15-16H,3-4,6-7,11-12H2,1H3,(H,28,29,30). The molecule has 2 saturated heterocycles. The van der Waals surface area contributed by atoms with Crippen molar-refractivity contribution in [2.75, 3.05) is 33.3 Å². The zero-order valence-corrected chi connectivity index (χ0v) is 20.7. The van der Waals surface area contributed by atoms with Crippen molar-refractivity contribution in [1.82, 2.24) is 34.5 Å². The molecule has 37 heavy (non-hydrogen) atoms. The molecule has 0 spiro atoms. The number of halogens is 3. The minimum absolute atomic E-state index is 0.00683. The lowest BCUT2D eigenvalue weighted by molar-refractivity contribution is -0.134. The number of H-pyrrole nitrogens is 1. The summed E-state index contributed by atoms with van der Waals surface area (Å²) < 4.78 is 46.4. The van der Waals surface area contributed by atoms with Crippen molar-refractivity contribution in [3.8, 4) is 17.0 Å². The summed E-state index contributed by atoms with van der Waals surface area (Å²) >= 11 is 0.444. The molecular formula is C24H24F3N7O2S. The molecule has 0 atom stereocenters. The molecule has 2 aliphatic rings. The Morgan fingerprint density at radius 1 is 1.19 bits per heavy atom. The summed E-state index contributed by atoms with van der Waals surface area (Å²) in [6, 6.07) is 3.44. The molecule has 0 aromatic carbocycles. The van der Waals surface area contributed by atoms with Crippen molar-refractivity contribution < 1.29 is 22.7 Å². The van der Waals surface area contributed by atoms with Gasteiger partial charge in [0.05, 0.1) is 25.0 Å². The first-order chi connectivity index (χ1) is 17.8. The van der Waals surface area contributed by atoms with Gasteiger partial charge in [-0.05, 0) is 18.9 Å². The molecule has 0 radical (unpaired) electrons. The van der Waals surface area contributed by atoms with Gasteiger partial charge in [-0.25, -0.2) is 9.97 Å². The molecule has 0 bridgehead atoms. The van der Waals surface area contributed by atoms with Gasteiger partial charge in [-0.15, -0.1) is 11.3 Å². The lowest BCUT2D eigenvalue weighted by atomic mass is 9.97. The first kappa shape index (κ1) is 23.9. The maximum atomic E-state index is 13.1. The van der Waals surface area contributed by atoms with Crippen molar-refractivity contribution in [2.24, 2.45) is 0 Å². The molecule has 4 aromatic heterocycles. The summed E-state index contributed by atoms with van der Waals surface area (Å²) in [5.74, 6) is -0.421. The Hall–Kier alpha value is -3.45. The van der Waals surface area contributed by atoms with Crippen molar-refractivity contribution >= 4 is 28.3 Å². The Labute approximate surface area is 213 Å². The van der Waals surface area contributed by atoms with Gasteiger partial charge < -0.3 is 14.6 Å². The van der Waals surface area contributed by atoms with Crippen LogP contribution in [0.25, 0.3) is 22.3 Å². The number of aromatic nitrogens is 5. The summed E-state index contributed by atoms with van der Waals surface area (Å²) in [7, 11) is 1.28. The third kappa shape index (κ3) is 4.35. The van der Waals surface area contributed by atoms with Crippen LogP contribution in [0.3, 0.4) is 0 Å². The number of fused-ring (bicyclic) bond motifs is 1. The Morgan fingerprint density at radius 2 is 1.97 bits per heavy atom. The number of methoxy groups -OCH3 is 1. The SMILES string of the molecule is COc1cc(C(F)(F)F)sc1C(=O)N1CCC(N2CC(n3cc(-c4ncnc5[nH]ccc45)cn3)C2)CC1. The third-order valence-electron chi connectivity index (χ3n) is 7.15. The van der Waals surface area contributed by atoms with Gasteiger partial charge in [-0.3, -0.25) is 14.4 Å². The molecule has 1 N–H and O–H groups in total. The van der Waals surface area contributed by atoms with Crippen LogP contribution in [0, 0.1) is 0 Å². The van der Waals surface area contributed by atoms with Crippen LogP contribution in [-0.2, 0) is 6.18 Å². The van der Waals surface area contributed by atoms with E-state index in [4.69, 9.17) is 4.74 Å². The van der Waals surface area contributed by atoms with Gasteiger partial charge in [0, 0.05) is 61.6 Å². The van der Waals surface area contributed by atoms with E-state index in [0.717, 1.165) is 54.3 Å². The van der Waals surface area contributed by atoms with Gasteiger partial charge in [0.25, 0.3) is 5.91 Å². The number of aromatic amines is 1. The van der Waals surface area contributed by atoms with Gasteiger partial charge in [-0.1, -0.05) is 0 Å². The fourth-order valence-electron chi connectivity index (χ4n) is 5.11. The minimum Gasteiger partial charge on any atom is -0.495 e. The molecule has 1 amide bonds. The number of likely N-dealkylation sites (tertiary alicyclic amines) is 2. The summed E-state index contributed by atoms with van der Waals surface area (Å²) in [6.45, 7) is 2.71. The van der Waals surface area contributed by atoms with E-state index in [-0.39, 0.29) is 16.7 Å².